The SMILES string of the molecule is Cc1nc2ccc(C3=CCC4C5=C(C=C6CC(O)CCC6CC5)C(O)CC34C)cc2[nH]1. The molecule has 1 saturated carbocycles. The number of nitrogens with zero attached hydrogens (tertiary/aromatic N) is 1. The number of rotatable bonds is 1. The number of benzene rings is 1. The Balaban J connectivity index is 1.38. The van der Waals surface area contributed by atoms with Crippen LogP contribution in [0.3, 0.4) is 0 Å². The molecule has 5 atom stereocenters. The molecule has 1 fully saturated rings. The van der Waals surface area contributed by atoms with Crippen molar-refractivity contribution in [2.45, 2.75) is 71.0 Å². The fraction of sp³-hybridized carbons (Fsp3) is 0.519. The highest BCUT2D eigenvalue weighted by Gasteiger charge is 2.49. The summed E-state index contributed by atoms with van der Waals surface area (Å²) in [7, 11) is 0. The number of imidazole rings is 1. The average molecular weight is 417 g/mol. The smallest absolute Gasteiger partial charge is 0.104 e. The lowest BCUT2D eigenvalue weighted by molar-refractivity contribution is 0.124. The van der Waals surface area contributed by atoms with Crippen molar-refractivity contribution < 1.29 is 10.2 Å². The molecule has 4 nitrogen and oxygen atoms in total. The van der Waals surface area contributed by atoms with E-state index in [0.717, 1.165) is 61.8 Å². The number of allylic oxidation sites excluding steroid dienone is 3. The molecule has 4 heteroatoms. The third-order valence-electron chi connectivity index (χ3n) is 8.57. The Morgan fingerprint density at radius 2 is 2.03 bits per heavy atom. The number of aromatic nitrogens is 2. The van der Waals surface area contributed by atoms with Gasteiger partial charge in [-0.25, -0.2) is 4.98 Å². The summed E-state index contributed by atoms with van der Waals surface area (Å²) in [5, 5.41) is 21.5. The number of fused-ring (bicyclic) bond motifs is 4. The quantitative estimate of drug-likeness (QED) is 0.597. The van der Waals surface area contributed by atoms with Gasteiger partial charge in [-0.3, -0.25) is 0 Å². The molecule has 1 aromatic heterocycles. The van der Waals surface area contributed by atoms with Crippen LogP contribution in [0.1, 0.15) is 63.3 Å². The average Bonchev–Trinajstić information content (AvgIpc) is 3.19. The first kappa shape index (κ1) is 19.5. The van der Waals surface area contributed by atoms with Crippen molar-refractivity contribution in [3.63, 3.8) is 0 Å². The normalized spacial score (nSPS) is 35.2. The lowest BCUT2D eigenvalue weighted by atomic mass is 9.61. The molecule has 4 aliphatic carbocycles. The number of hydrogen-bond donors (Lipinski definition) is 3. The van der Waals surface area contributed by atoms with Gasteiger partial charge in [-0.15, -0.1) is 0 Å². The maximum atomic E-state index is 11.3. The molecule has 0 amide bonds. The van der Waals surface area contributed by atoms with Gasteiger partial charge in [0.15, 0.2) is 0 Å². The second-order valence-corrected chi connectivity index (χ2v) is 10.5. The van der Waals surface area contributed by atoms with E-state index in [9.17, 15) is 10.2 Å². The van der Waals surface area contributed by atoms with Gasteiger partial charge in [0.2, 0.25) is 0 Å². The first-order chi connectivity index (χ1) is 14.9. The van der Waals surface area contributed by atoms with Gasteiger partial charge in [0.05, 0.1) is 23.2 Å². The van der Waals surface area contributed by atoms with E-state index in [4.69, 9.17) is 0 Å². The number of nitrogens with one attached hydrogen (secondary N) is 1. The van der Waals surface area contributed by atoms with E-state index in [2.05, 4.69) is 47.2 Å². The minimum absolute atomic E-state index is 0.0471. The molecule has 1 aromatic carbocycles. The Morgan fingerprint density at radius 3 is 2.90 bits per heavy atom. The number of aliphatic hydroxyl groups excluding tert-OH is 2. The van der Waals surface area contributed by atoms with E-state index >= 15 is 0 Å². The van der Waals surface area contributed by atoms with E-state index in [-0.39, 0.29) is 11.5 Å². The maximum absolute atomic E-state index is 11.3. The van der Waals surface area contributed by atoms with Crippen molar-refractivity contribution in [1.29, 1.82) is 0 Å². The molecule has 162 valence electrons. The number of H-pyrrole nitrogens is 1. The molecule has 5 unspecified atom stereocenters. The molecule has 0 radical (unpaired) electrons. The van der Waals surface area contributed by atoms with Crippen LogP contribution >= 0.6 is 0 Å². The van der Waals surface area contributed by atoms with Gasteiger partial charge in [0.25, 0.3) is 0 Å². The molecular formula is C27H32N2O2. The molecule has 4 aliphatic rings. The van der Waals surface area contributed by atoms with Crippen molar-refractivity contribution in [3.8, 4) is 0 Å². The Labute approximate surface area is 183 Å². The fourth-order valence-corrected chi connectivity index (χ4v) is 7.04. The van der Waals surface area contributed by atoms with E-state index in [1.807, 2.05) is 6.92 Å². The summed E-state index contributed by atoms with van der Waals surface area (Å²) in [5.74, 6) is 1.98. The molecule has 31 heavy (non-hydrogen) atoms. The molecule has 1 heterocycles. The molecule has 6 rings (SSSR count). The van der Waals surface area contributed by atoms with Crippen molar-refractivity contribution in [2.75, 3.05) is 0 Å². The van der Waals surface area contributed by atoms with Crippen LogP contribution in [0, 0.1) is 24.2 Å². The zero-order chi connectivity index (χ0) is 21.3. The summed E-state index contributed by atoms with van der Waals surface area (Å²) in [6.07, 6.45) is 10.9. The van der Waals surface area contributed by atoms with Gasteiger partial charge in [-0.1, -0.05) is 36.3 Å². The monoisotopic (exact) mass is 416 g/mol. The van der Waals surface area contributed by atoms with Gasteiger partial charge < -0.3 is 15.2 Å². The molecule has 2 aromatic rings. The predicted octanol–water partition coefficient (Wildman–Crippen LogP) is 5.22. The fourth-order valence-electron chi connectivity index (χ4n) is 7.04. The number of aliphatic hydroxyl groups is 2. The standard InChI is InChI=1S/C27H32N2O2/c1-15-28-24-10-5-17(13-25(24)29-15)22-8-9-23-20-7-4-16-3-6-19(30)11-18(16)12-21(20)26(31)14-27(22,23)2/h5,8,10,12-13,16,19,23,26,30-31H,3-4,6-7,9,11,14H2,1-2H3,(H,28,29). The summed E-state index contributed by atoms with van der Waals surface area (Å²) in [4.78, 5) is 7.93. The van der Waals surface area contributed by atoms with Crippen LogP contribution in [0.25, 0.3) is 16.6 Å². The third-order valence-corrected chi connectivity index (χ3v) is 8.57. The van der Waals surface area contributed by atoms with Gasteiger partial charge in [0.1, 0.15) is 5.82 Å². The van der Waals surface area contributed by atoms with Crippen molar-refractivity contribution in [2.24, 2.45) is 17.3 Å². The topological polar surface area (TPSA) is 69.1 Å². The largest absolute Gasteiger partial charge is 0.393 e. The lowest BCUT2D eigenvalue weighted by Gasteiger charge is -2.43. The van der Waals surface area contributed by atoms with Crippen LogP contribution in [0.5, 0.6) is 0 Å². The second kappa shape index (κ2) is 6.91. The molecular weight excluding hydrogens is 384 g/mol. The molecule has 0 spiro atoms. The van der Waals surface area contributed by atoms with Gasteiger partial charge in [-0.05, 0) is 92.5 Å². The Morgan fingerprint density at radius 1 is 1.16 bits per heavy atom. The summed E-state index contributed by atoms with van der Waals surface area (Å²) in [6.45, 7) is 4.36. The first-order valence-electron chi connectivity index (χ1n) is 11.9. The number of hydrogen-bond acceptors (Lipinski definition) is 3. The van der Waals surface area contributed by atoms with Gasteiger partial charge in [0, 0.05) is 5.41 Å². The molecule has 3 N–H and O–H groups in total. The van der Waals surface area contributed by atoms with Crippen LogP contribution in [-0.2, 0) is 0 Å². The maximum Gasteiger partial charge on any atom is 0.104 e. The molecule has 0 saturated heterocycles. The molecule has 0 bridgehead atoms. The minimum Gasteiger partial charge on any atom is -0.393 e. The Hall–Kier alpha value is -2.17. The van der Waals surface area contributed by atoms with Crippen molar-refractivity contribution in [1.82, 2.24) is 9.97 Å². The van der Waals surface area contributed by atoms with E-state index in [1.54, 1.807) is 0 Å². The van der Waals surface area contributed by atoms with Crippen LogP contribution in [-0.4, -0.2) is 32.4 Å². The Kier molecular flexibility index (Phi) is 4.35. The summed E-state index contributed by atoms with van der Waals surface area (Å²) >= 11 is 0. The highest BCUT2D eigenvalue weighted by atomic mass is 16.3. The third kappa shape index (κ3) is 2.99. The lowest BCUT2D eigenvalue weighted by Crippen LogP contribution is -2.37. The predicted molar refractivity (Wildman–Crippen MR) is 123 cm³/mol. The van der Waals surface area contributed by atoms with E-state index < -0.39 is 6.10 Å². The van der Waals surface area contributed by atoms with E-state index in [1.165, 1.54) is 27.9 Å². The number of aromatic amines is 1. The molecule has 0 aliphatic heterocycles. The van der Waals surface area contributed by atoms with Crippen molar-refractivity contribution >= 4 is 16.6 Å². The van der Waals surface area contributed by atoms with E-state index in [0.29, 0.717) is 11.8 Å². The minimum atomic E-state index is -0.429. The van der Waals surface area contributed by atoms with Crippen LogP contribution < -0.4 is 0 Å². The van der Waals surface area contributed by atoms with Crippen LogP contribution in [0.4, 0.5) is 0 Å². The number of aryl methyl sites for hydroxylation is 1. The Bertz CT molecular complexity index is 1150. The zero-order valence-electron chi connectivity index (χ0n) is 18.5. The highest BCUT2D eigenvalue weighted by molar-refractivity contribution is 5.83. The zero-order valence-corrected chi connectivity index (χ0v) is 18.5. The van der Waals surface area contributed by atoms with Crippen LogP contribution in [0.2, 0.25) is 0 Å². The summed E-state index contributed by atoms with van der Waals surface area (Å²) in [5.41, 5.74) is 8.69. The summed E-state index contributed by atoms with van der Waals surface area (Å²) < 4.78 is 0. The van der Waals surface area contributed by atoms with Gasteiger partial charge >= 0.3 is 0 Å². The van der Waals surface area contributed by atoms with Crippen molar-refractivity contribution in [3.05, 3.63) is 58.5 Å². The van der Waals surface area contributed by atoms with Gasteiger partial charge in [-0.2, -0.15) is 0 Å². The summed E-state index contributed by atoms with van der Waals surface area (Å²) in [6, 6.07) is 6.54. The van der Waals surface area contributed by atoms with Crippen LogP contribution in [0.15, 0.2) is 47.1 Å². The highest BCUT2D eigenvalue weighted by Crippen LogP contribution is 2.59. The second-order valence-electron chi connectivity index (χ2n) is 10.5. The first-order valence-corrected chi connectivity index (χ1v) is 11.9.